The highest BCUT2D eigenvalue weighted by atomic mass is 15.1. The Labute approximate surface area is 192 Å². The second-order valence-corrected chi connectivity index (χ2v) is 9.50. The molecule has 1 heterocycles. The van der Waals surface area contributed by atoms with Gasteiger partial charge in [0.15, 0.2) is 0 Å². The van der Waals surface area contributed by atoms with Crippen LogP contribution in [0.1, 0.15) is 47.1 Å². The zero-order valence-electron chi connectivity index (χ0n) is 18.8. The summed E-state index contributed by atoms with van der Waals surface area (Å²) in [5, 5.41) is 10.7. The first-order valence-corrected chi connectivity index (χ1v) is 12.1. The number of rotatable bonds is 6. The Morgan fingerprint density at radius 3 is 2.22 bits per heavy atom. The first kappa shape index (κ1) is 21.0. The predicted octanol–water partition coefficient (Wildman–Crippen LogP) is 5.94. The van der Waals surface area contributed by atoms with Gasteiger partial charge in [-0.2, -0.15) is 5.26 Å². The summed E-state index contributed by atoms with van der Waals surface area (Å²) in [5.41, 5.74) is 6.23. The maximum Gasteiger partial charge on any atom is 0.111 e. The van der Waals surface area contributed by atoms with Gasteiger partial charge < -0.3 is 4.90 Å². The third-order valence-electron chi connectivity index (χ3n) is 7.63. The molecule has 3 aromatic rings. The standard InChI is InChI=1S/C30H32N2/c31-23-30(27-11-3-1-4-12-27,28-13-5-2-6-14-28)29-15-8-19-32(22-29)20-18-24-16-17-25-9-7-10-26(25)21-24/h1-6,11-14,16-17,21,29H,7-10,15,18-20,22H2/t29-/m0/s1. The maximum atomic E-state index is 10.7. The van der Waals surface area contributed by atoms with E-state index in [1.165, 1.54) is 24.8 Å². The van der Waals surface area contributed by atoms with Crippen LogP contribution in [0.5, 0.6) is 0 Å². The van der Waals surface area contributed by atoms with Crippen LogP contribution in [0.4, 0.5) is 0 Å². The van der Waals surface area contributed by atoms with Gasteiger partial charge in [-0.3, -0.25) is 0 Å². The van der Waals surface area contributed by atoms with Crippen molar-refractivity contribution in [3.05, 3.63) is 107 Å². The molecule has 5 rings (SSSR count). The monoisotopic (exact) mass is 420 g/mol. The molecule has 1 aliphatic carbocycles. The molecule has 2 aliphatic rings. The van der Waals surface area contributed by atoms with Crippen molar-refractivity contribution in [3.8, 4) is 6.07 Å². The minimum absolute atomic E-state index is 0.283. The van der Waals surface area contributed by atoms with E-state index in [9.17, 15) is 5.26 Å². The molecular formula is C30H32N2. The van der Waals surface area contributed by atoms with E-state index in [4.69, 9.17) is 0 Å². The Kier molecular flexibility index (Phi) is 6.10. The summed E-state index contributed by atoms with van der Waals surface area (Å²) >= 11 is 0. The van der Waals surface area contributed by atoms with Gasteiger partial charge in [0.05, 0.1) is 6.07 Å². The van der Waals surface area contributed by atoms with Crippen LogP contribution in [-0.4, -0.2) is 24.5 Å². The zero-order valence-corrected chi connectivity index (χ0v) is 18.8. The van der Waals surface area contributed by atoms with Crippen molar-refractivity contribution in [2.24, 2.45) is 5.92 Å². The zero-order chi connectivity index (χ0) is 21.8. The largest absolute Gasteiger partial charge is 0.303 e. The Bertz CT molecular complexity index is 1040. The third-order valence-corrected chi connectivity index (χ3v) is 7.63. The highest BCUT2D eigenvalue weighted by molar-refractivity contribution is 5.47. The van der Waals surface area contributed by atoms with Crippen molar-refractivity contribution in [2.75, 3.05) is 19.6 Å². The molecule has 1 saturated heterocycles. The summed E-state index contributed by atoms with van der Waals surface area (Å²) in [6.45, 7) is 3.18. The molecule has 0 bridgehead atoms. The number of fused-ring (bicyclic) bond motifs is 1. The molecule has 1 atom stereocenters. The van der Waals surface area contributed by atoms with Crippen LogP contribution < -0.4 is 0 Å². The first-order valence-electron chi connectivity index (χ1n) is 12.1. The van der Waals surface area contributed by atoms with E-state index in [2.05, 4.69) is 77.7 Å². The van der Waals surface area contributed by atoms with Gasteiger partial charge in [0, 0.05) is 13.1 Å². The maximum absolute atomic E-state index is 10.7. The SMILES string of the molecule is N#CC(c1ccccc1)(c1ccccc1)[C@H]1CCCN(CCc2ccc3c(c2)CCC3)C1. The van der Waals surface area contributed by atoms with E-state index in [-0.39, 0.29) is 5.92 Å². The summed E-state index contributed by atoms with van der Waals surface area (Å²) in [5.74, 6) is 0.283. The lowest BCUT2D eigenvalue weighted by Crippen LogP contribution is -2.46. The number of nitriles is 1. The molecule has 1 aliphatic heterocycles. The van der Waals surface area contributed by atoms with Crippen LogP contribution in [0.2, 0.25) is 0 Å². The van der Waals surface area contributed by atoms with Crippen molar-refractivity contribution in [1.82, 2.24) is 4.90 Å². The normalized spacial score (nSPS) is 18.8. The number of likely N-dealkylation sites (tertiary alicyclic amines) is 1. The van der Waals surface area contributed by atoms with Gasteiger partial charge in [-0.25, -0.2) is 0 Å². The summed E-state index contributed by atoms with van der Waals surface area (Å²) in [4.78, 5) is 2.60. The number of piperidine rings is 1. The molecule has 0 amide bonds. The second kappa shape index (κ2) is 9.31. The van der Waals surface area contributed by atoms with Gasteiger partial charge in [0.25, 0.3) is 0 Å². The van der Waals surface area contributed by atoms with Crippen LogP contribution in [-0.2, 0) is 24.7 Å². The van der Waals surface area contributed by atoms with Crippen LogP contribution in [0.15, 0.2) is 78.9 Å². The van der Waals surface area contributed by atoms with E-state index in [0.717, 1.165) is 50.0 Å². The van der Waals surface area contributed by atoms with Gasteiger partial charge in [-0.05, 0) is 78.8 Å². The molecule has 0 radical (unpaired) electrons. The molecule has 0 N–H and O–H groups in total. The van der Waals surface area contributed by atoms with E-state index in [0.29, 0.717) is 0 Å². The molecule has 0 unspecified atom stereocenters. The molecule has 0 aromatic heterocycles. The average molecular weight is 421 g/mol. The molecule has 32 heavy (non-hydrogen) atoms. The number of nitrogens with zero attached hydrogens (tertiary/aromatic N) is 2. The van der Waals surface area contributed by atoms with Gasteiger partial charge >= 0.3 is 0 Å². The van der Waals surface area contributed by atoms with Crippen molar-refractivity contribution in [3.63, 3.8) is 0 Å². The number of hydrogen-bond donors (Lipinski definition) is 0. The predicted molar refractivity (Wildman–Crippen MR) is 131 cm³/mol. The Balaban J connectivity index is 1.38. The first-order chi connectivity index (χ1) is 15.8. The minimum atomic E-state index is -0.602. The molecule has 162 valence electrons. The number of benzene rings is 3. The minimum Gasteiger partial charge on any atom is -0.303 e. The van der Waals surface area contributed by atoms with E-state index < -0.39 is 5.41 Å². The fourth-order valence-corrected chi connectivity index (χ4v) is 5.94. The van der Waals surface area contributed by atoms with Crippen LogP contribution in [0, 0.1) is 17.2 Å². The van der Waals surface area contributed by atoms with Gasteiger partial charge in [-0.1, -0.05) is 78.9 Å². The summed E-state index contributed by atoms with van der Waals surface area (Å²) in [6, 6.07) is 30.8. The molecule has 1 fully saturated rings. The van der Waals surface area contributed by atoms with Crippen molar-refractivity contribution < 1.29 is 0 Å². The summed E-state index contributed by atoms with van der Waals surface area (Å²) in [7, 11) is 0. The summed E-state index contributed by atoms with van der Waals surface area (Å²) in [6.07, 6.45) is 7.13. The number of aryl methyl sites for hydroxylation is 2. The lowest BCUT2D eigenvalue weighted by atomic mass is 9.64. The molecule has 0 spiro atoms. The molecule has 3 aromatic carbocycles. The van der Waals surface area contributed by atoms with E-state index in [1.807, 2.05) is 12.1 Å². The van der Waals surface area contributed by atoms with Crippen molar-refractivity contribution in [1.29, 1.82) is 5.26 Å². The quantitative estimate of drug-likeness (QED) is 0.493. The Hall–Kier alpha value is -2.89. The molecular weight excluding hydrogens is 388 g/mol. The van der Waals surface area contributed by atoms with Gasteiger partial charge in [-0.15, -0.1) is 0 Å². The average Bonchev–Trinajstić information content (AvgIpc) is 3.33. The number of hydrogen-bond acceptors (Lipinski definition) is 2. The van der Waals surface area contributed by atoms with Crippen molar-refractivity contribution in [2.45, 2.75) is 43.9 Å². The topological polar surface area (TPSA) is 27.0 Å². The Morgan fingerprint density at radius 2 is 1.53 bits per heavy atom. The third kappa shape index (κ3) is 3.98. The van der Waals surface area contributed by atoms with E-state index >= 15 is 0 Å². The molecule has 0 saturated carbocycles. The fraction of sp³-hybridized carbons (Fsp3) is 0.367. The van der Waals surface area contributed by atoms with Gasteiger partial charge in [0.1, 0.15) is 5.41 Å². The van der Waals surface area contributed by atoms with E-state index in [1.54, 1.807) is 11.1 Å². The summed E-state index contributed by atoms with van der Waals surface area (Å²) < 4.78 is 0. The lowest BCUT2D eigenvalue weighted by molar-refractivity contribution is 0.148. The highest BCUT2D eigenvalue weighted by Gasteiger charge is 2.44. The molecule has 2 heteroatoms. The van der Waals surface area contributed by atoms with Crippen LogP contribution in [0.25, 0.3) is 0 Å². The Morgan fingerprint density at radius 1 is 0.844 bits per heavy atom. The van der Waals surface area contributed by atoms with Crippen LogP contribution >= 0.6 is 0 Å². The smallest absolute Gasteiger partial charge is 0.111 e. The lowest BCUT2D eigenvalue weighted by Gasteiger charge is -2.42. The van der Waals surface area contributed by atoms with Gasteiger partial charge in [0.2, 0.25) is 0 Å². The highest BCUT2D eigenvalue weighted by Crippen LogP contribution is 2.43. The molecule has 2 nitrogen and oxygen atoms in total. The van der Waals surface area contributed by atoms with Crippen LogP contribution in [0.3, 0.4) is 0 Å². The second-order valence-electron chi connectivity index (χ2n) is 9.50. The van der Waals surface area contributed by atoms with Crippen molar-refractivity contribution >= 4 is 0 Å². The fourth-order valence-electron chi connectivity index (χ4n) is 5.94.